The van der Waals surface area contributed by atoms with E-state index < -0.39 is 0 Å². The second-order valence-corrected chi connectivity index (χ2v) is 7.68. The van der Waals surface area contributed by atoms with Gasteiger partial charge in [0, 0.05) is 16.0 Å². The van der Waals surface area contributed by atoms with E-state index in [9.17, 15) is 9.59 Å². The van der Waals surface area contributed by atoms with Crippen LogP contribution in [0.25, 0.3) is 6.08 Å². The Morgan fingerprint density at radius 1 is 1.15 bits per heavy atom. The number of benzene rings is 1. The van der Waals surface area contributed by atoms with Crippen LogP contribution in [0.3, 0.4) is 0 Å². The number of carbonyl (C=O) groups is 2. The maximum atomic E-state index is 12.3. The quantitative estimate of drug-likeness (QED) is 0.449. The Morgan fingerprint density at radius 2 is 1.88 bits per heavy atom. The zero-order valence-electron chi connectivity index (χ0n) is 14.5. The van der Waals surface area contributed by atoms with Gasteiger partial charge in [-0.15, -0.1) is 11.3 Å². The molecule has 0 radical (unpaired) electrons. The first kappa shape index (κ1) is 18.7. The van der Waals surface area contributed by atoms with Crippen LogP contribution in [0.4, 0.5) is 5.00 Å². The van der Waals surface area contributed by atoms with E-state index in [4.69, 9.17) is 16.3 Å². The summed E-state index contributed by atoms with van der Waals surface area (Å²) in [5, 5.41) is 4.08. The first-order valence-corrected chi connectivity index (χ1v) is 9.75. The number of anilines is 1. The second-order valence-electron chi connectivity index (χ2n) is 6.13. The molecule has 3 rings (SSSR count). The van der Waals surface area contributed by atoms with Crippen molar-refractivity contribution in [2.45, 2.75) is 32.1 Å². The smallest absolute Gasteiger partial charge is 0.341 e. The molecule has 0 aliphatic heterocycles. The third-order valence-corrected chi connectivity index (χ3v) is 5.80. The van der Waals surface area contributed by atoms with E-state index in [1.165, 1.54) is 29.4 Å². The maximum absolute atomic E-state index is 12.3. The van der Waals surface area contributed by atoms with Crippen LogP contribution >= 0.6 is 22.9 Å². The largest absolute Gasteiger partial charge is 0.465 e. The molecule has 1 amide bonds. The van der Waals surface area contributed by atoms with E-state index >= 15 is 0 Å². The van der Waals surface area contributed by atoms with Gasteiger partial charge in [-0.1, -0.05) is 30.2 Å². The van der Waals surface area contributed by atoms with Crippen LogP contribution in [0, 0.1) is 0 Å². The summed E-state index contributed by atoms with van der Waals surface area (Å²) < 4.78 is 4.95. The number of hydrogen-bond acceptors (Lipinski definition) is 4. The molecule has 1 N–H and O–H groups in total. The van der Waals surface area contributed by atoms with Crippen molar-refractivity contribution in [1.29, 1.82) is 0 Å². The molecule has 0 unspecified atom stereocenters. The minimum Gasteiger partial charge on any atom is -0.465 e. The van der Waals surface area contributed by atoms with E-state index in [1.807, 2.05) is 12.1 Å². The van der Waals surface area contributed by atoms with Crippen LogP contribution in [-0.2, 0) is 22.4 Å². The number of nitrogens with one attached hydrogen (secondary N) is 1. The number of rotatable bonds is 4. The van der Waals surface area contributed by atoms with Crippen LogP contribution in [-0.4, -0.2) is 19.0 Å². The van der Waals surface area contributed by atoms with Crippen molar-refractivity contribution < 1.29 is 14.3 Å². The Morgan fingerprint density at radius 3 is 2.62 bits per heavy atom. The average Bonchev–Trinajstić information content (AvgIpc) is 2.81. The van der Waals surface area contributed by atoms with Crippen molar-refractivity contribution in [1.82, 2.24) is 0 Å². The van der Waals surface area contributed by atoms with E-state index in [1.54, 1.807) is 18.2 Å². The van der Waals surface area contributed by atoms with Crippen molar-refractivity contribution in [3.8, 4) is 0 Å². The lowest BCUT2D eigenvalue weighted by molar-refractivity contribution is -0.111. The molecule has 0 fully saturated rings. The van der Waals surface area contributed by atoms with Crippen molar-refractivity contribution in [3.63, 3.8) is 0 Å². The van der Waals surface area contributed by atoms with Crippen LogP contribution in [0.15, 0.2) is 30.3 Å². The van der Waals surface area contributed by atoms with Crippen LogP contribution in [0.1, 0.15) is 45.6 Å². The van der Waals surface area contributed by atoms with Crippen molar-refractivity contribution in [2.75, 3.05) is 12.4 Å². The van der Waals surface area contributed by atoms with Gasteiger partial charge in [0.15, 0.2) is 0 Å². The van der Waals surface area contributed by atoms with E-state index in [-0.39, 0.29) is 11.9 Å². The molecule has 6 heteroatoms. The molecule has 26 heavy (non-hydrogen) atoms. The normalized spacial score (nSPS) is 13.9. The number of methoxy groups -OCH3 is 1. The number of amides is 1. The van der Waals surface area contributed by atoms with Crippen LogP contribution in [0.5, 0.6) is 0 Å². The predicted octanol–water partition coefficient (Wildman–Crippen LogP) is 5.11. The van der Waals surface area contributed by atoms with Crippen molar-refractivity contribution in [2.24, 2.45) is 0 Å². The third-order valence-electron chi connectivity index (χ3n) is 4.34. The zero-order valence-corrected chi connectivity index (χ0v) is 16.1. The van der Waals surface area contributed by atoms with Gasteiger partial charge < -0.3 is 10.1 Å². The minimum atomic E-state index is -0.388. The Kier molecular flexibility index (Phi) is 6.12. The fraction of sp³-hybridized carbons (Fsp3) is 0.300. The lowest BCUT2D eigenvalue weighted by atomic mass is 10.1. The van der Waals surface area contributed by atoms with Gasteiger partial charge in [0.05, 0.1) is 12.7 Å². The minimum absolute atomic E-state index is 0.276. The van der Waals surface area contributed by atoms with Gasteiger partial charge in [-0.2, -0.15) is 0 Å². The number of fused-ring (bicyclic) bond motifs is 1. The third kappa shape index (κ3) is 4.34. The number of halogens is 1. The summed E-state index contributed by atoms with van der Waals surface area (Å²) in [4.78, 5) is 25.8. The molecule has 1 aromatic carbocycles. The summed E-state index contributed by atoms with van der Waals surface area (Å²) in [5.41, 5.74) is 2.43. The van der Waals surface area contributed by atoms with Gasteiger partial charge in [-0.05, 0) is 55.0 Å². The summed E-state index contributed by atoms with van der Waals surface area (Å²) in [5.74, 6) is -0.664. The molecular weight excluding hydrogens is 370 g/mol. The van der Waals surface area contributed by atoms with Gasteiger partial charge in [-0.3, -0.25) is 4.79 Å². The lowest BCUT2D eigenvalue weighted by Crippen LogP contribution is -2.12. The molecule has 0 saturated carbocycles. The first-order valence-electron chi connectivity index (χ1n) is 8.56. The highest BCUT2D eigenvalue weighted by molar-refractivity contribution is 7.17. The van der Waals surface area contributed by atoms with Crippen LogP contribution < -0.4 is 5.32 Å². The highest BCUT2D eigenvalue weighted by Gasteiger charge is 2.25. The monoisotopic (exact) mass is 389 g/mol. The molecule has 1 aromatic heterocycles. The molecular formula is C20H20ClNO3S. The number of aryl methyl sites for hydroxylation is 1. The van der Waals surface area contributed by atoms with Gasteiger partial charge in [-0.25, -0.2) is 4.79 Å². The molecule has 1 aliphatic carbocycles. The maximum Gasteiger partial charge on any atom is 0.341 e. The summed E-state index contributed by atoms with van der Waals surface area (Å²) in [6.07, 6.45) is 8.29. The first-order chi connectivity index (χ1) is 12.6. The summed E-state index contributed by atoms with van der Waals surface area (Å²) in [6, 6.07) is 7.20. The number of thiophene rings is 1. The Hall–Kier alpha value is -2.11. The zero-order chi connectivity index (χ0) is 18.5. The number of ether oxygens (including phenoxy) is 1. The molecule has 2 aromatic rings. The Balaban J connectivity index is 1.81. The number of esters is 1. The summed E-state index contributed by atoms with van der Waals surface area (Å²) in [7, 11) is 1.37. The fourth-order valence-electron chi connectivity index (χ4n) is 3.05. The molecule has 1 aliphatic rings. The number of carbonyl (C=O) groups excluding carboxylic acids is 2. The second kappa shape index (κ2) is 8.52. The molecule has 4 nitrogen and oxygen atoms in total. The predicted molar refractivity (Wildman–Crippen MR) is 106 cm³/mol. The molecule has 0 saturated heterocycles. The molecule has 1 heterocycles. The lowest BCUT2D eigenvalue weighted by Gasteiger charge is -2.06. The average molecular weight is 390 g/mol. The highest BCUT2D eigenvalue weighted by Crippen LogP contribution is 2.37. The SMILES string of the molecule is COC(=O)c1c(NC(=O)C=Cc2ccc(Cl)cc2)sc2c1CCCCC2. The Bertz CT molecular complexity index is 839. The molecule has 136 valence electrons. The highest BCUT2D eigenvalue weighted by atomic mass is 35.5. The van der Waals surface area contributed by atoms with Crippen molar-refractivity contribution >= 4 is 45.9 Å². The van der Waals surface area contributed by atoms with Crippen LogP contribution in [0.2, 0.25) is 5.02 Å². The van der Waals surface area contributed by atoms with Gasteiger partial charge >= 0.3 is 5.97 Å². The number of hydrogen-bond donors (Lipinski definition) is 1. The topological polar surface area (TPSA) is 55.4 Å². The molecule has 0 bridgehead atoms. The summed E-state index contributed by atoms with van der Waals surface area (Å²) in [6.45, 7) is 0. The summed E-state index contributed by atoms with van der Waals surface area (Å²) >= 11 is 7.34. The Labute approximate surface area is 161 Å². The van der Waals surface area contributed by atoms with Crippen molar-refractivity contribution in [3.05, 3.63) is 56.9 Å². The van der Waals surface area contributed by atoms with Gasteiger partial charge in [0.25, 0.3) is 0 Å². The van der Waals surface area contributed by atoms with Gasteiger partial charge in [0.1, 0.15) is 5.00 Å². The standard InChI is InChI=1S/C20H20ClNO3S/c1-25-20(24)18-15-5-3-2-4-6-16(15)26-19(18)22-17(23)12-9-13-7-10-14(21)11-8-13/h7-12H,2-6H2,1H3,(H,22,23). The van der Waals surface area contributed by atoms with E-state index in [0.717, 1.165) is 43.2 Å². The van der Waals surface area contributed by atoms with Gasteiger partial charge in [0.2, 0.25) is 5.91 Å². The molecule has 0 atom stereocenters. The molecule has 0 spiro atoms. The fourth-order valence-corrected chi connectivity index (χ4v) is 4.45. The van der Waals surface area contributed by atoms with E-state index in [0.29, 0.717) is 15.6 Å². The van der Waals surface area contributed by atoms with E-state index in [2.05, 4.69) is 5.32 Å².